The van der Waals surface area contributed by atoms with E-state index in [2.05, 4.69) is 20.4 Å². The lowest BCUT2D eigenvalue weighted by Gasteiger charge is -2.21. The number of nitrogens with zero attached hydrogens (tertiary/aromatic N) is 3. The maximum atomic E-state index is 14.5. The second kappa shape index (κ2) is 7.87. The van der Waals surface area contributed by atoms with Gasteiger partial charge in [-0.3, -0.25) is 0 Å². The van der Waals surface area contributed by atoms with Crippen molar-refractivity contribution in [3.63, 3.8) is 0 Å². The third-order valence-corrected chi connectivity index (χ3v) is 5.28. The van der Waals surface area contributed by atoms with Gasteiger partial charge in [0.15, 0.2) is 0 Å². The highest BCUT2D eigenvalue weighted by molar-refractivity contribution is 5.93. The number of rotatable bonds is 5. The molecule has 1 fully saturated rings. The maximum Gasteiger partial charge on any atom is 0.266 e. The minimum atomic E-state index is -2.87. The summed E-state index contributed by atoms with van der Waals surface area (Å²) in [6.07, 6.45) is -0.960. The van der Waals surface area contributed by atoms with E-state index in [1.54, 1.807) is 6.92 Å². The Morgan fingerprint density at radius 1 is 1.21 bits per heavy atom. The van der Waals surface area contributed by atoms with Crippen LogP contribution in [-0.4, -0.2) is 34.5 Å². The Morgan fingerprint density at radius 3 is 2.72 bits per heavy atom. The number of alkyl halides is 2. The monoisotopic (exact) mass is 402 g/mol. The summed E-state index contributed by atoms with van der Waals surface area (Å²) in [6, 6.07) is 9.17. The van der Waals surface area contributed by atoms with Gasteiger partial charge in [-0.2, -0.15) is 10.2 Å². The van der Waals surface area contributed by atoms with Crippen molar-refractivity contribution in [1.29, 1.82) is 0 Å². The molecule has 3 aromatic rings. The molecule has 152 valence electrons. The number of halogens is 3. The lowest BCUT2D eigenvalue weighted by atomic mass is 10.0. The molecule has 0 amide bonds. The quantitative estimate of drug-likeness (QED) is 0.660. The smallest absolute Gasteiger partial charge is 0.266 e. The number of hydrogen-bond acceptors (Lipinski definition) is 5. The van der Waals surface area contributed by atoms with E-state index in [-0.39, 0.29) is 11.7 Å². The first kappa shape index (κ1) is 19.4. The maximum absolute atomic E-state index is 14.5. The zero-order valence-corrected chi connectivity index (χ0v) is 15.8. The average molecular weight is 402 g/mol. The largest absolute Gasteiger partial charge is 0.391 e. The summed E-state index contributed by atoms with van der Waals surface area (Å²) in [6.45, 7) is 3.03. The molecule has 0 saturated carbocycles. The lowest BCUT2D eigenvalue weighted by molar-refractivity contribution is 0.146. The molecule has 0 aliphatic carbocycles. The first-order valence-corrected chi connectivity index (χ1v) is 9.45. The predicted molar refractivity (Wildman–Crippen MR) is 106 cm³/mol. The van der Waals surface area contributed by atoms with Crippen LogP contribution in [-0.2, 0) is 0 Å². The van der Waals surface area contributed by atoms with Crippen molar-refractivity contribution in [2.24, 2.45) is 0 Å². The molecule has 5 nitrogen and oxygen atoms in total. The summed E-state index contributed by atoms with van der Waals surface area (Å²) in [7, 11) is 0. The van der Waals surface area contributed by atoms with Crippen LogP contribution in [0.25, 0.3) is 10.9 Å². The molecule has 0 bridgehead atoms. The van der Waals surface area contributed by atoms with E-state index < -0.39 is 23.8 Å². The molecule has 29 heavy (non-hydrogen) atoms. The SMILES string of the molecule is C[C@@H](Nc1cnnc2ccc(N3CC[C@@H](O)C3)cc12)c1cccc(C(F)F)c1F. The molecule has 8 heteroatoms. The standard InChI is InChI=1S/C21H21F3N4O/c1-12(15-3-2-4-16(20(15)22)21(23)24)26-19-10-25-27-18-6-5-13(9-17(18)19)28-8-7-14(29)11-28/h2-6,9-10,12,14,21,29H,7-8,11H2,1H3,(H,26,27)/t12-,14-/m1/s1. The third-order valence-electron chi connectivity index (χ3n) is 5.28. The summed E-state index contributed by atoms with van der Waals surface area (Å²) in [4.78, 5) is 2.09. The van der Waals surface area contributed by atoms with Crippen molar-refractivity contribution in [2.45, 2.75) is 31.9 Å². The first-order valence-electron chi connectivity index (χ1n) is 9.45. The number of aliphatic hydroxyl groups excluding tert-OH is 1. The third kappa shape index (κ3) is 3.85. The zero-order chi connectivity index (χ0) is 20.5. The molecule has 0 radical (unpaired) electrons. The Hall–Kier alpha value is -2.87. The number of anilines is 2. The van der Waals surface area contributed by atoms with Crippen molar-refractivity contribution in [3.05, 3.63) is 59.5 Å². The van der Waals surface area contributed by atoms with Gasteiger partial charge >= 0.3 is 0 Å². The highest BCUT2D eigenvalue weighted by Crippen LogP contribution is 2.32. The average Bonchev–Trinajstić information content (AvgIpc) is 3.14. The van der Waals surface area contributed by atoms with Gasteiger partial charge in [0.25, 0.3) is 6.43 Å². The molecule has 0 unspecified atom stereocenters. The Kier molecular flexibility index (Phi) is 5.27. The number of nitrogens with one attached hydrogen (secondary N) is 1. The highest BCUT2D eigenvalue weighted by Gasteiger charge is 2.22. The van der Waals surface area contributed by atoms with Gasteiger partial charge in [0.2, 0.25) is 0 Å². The van der Waals surface area contributed by atoms with E-state index in [0.717, 1.165) is 23.7 Å². The second-order valence-corrected chi connectivity index (χ2v) is 7.27. The Labute approximate surface area is 166 Å². The molecule has 2 heterocycles. The van der Waals surface area contributed by atoms with Gasteiger partial charge in [-0.25, -0.2) is 13.2 Å². The number of fused-ring (bicyclic) bond motifs is 1. The van der Waals surface area contributed by atoms with Gasteiger partial charge in [0, 0.05) is 29.7 Å². The van der Waals surface area contributed by atoms with Gasteiger partial charge in [-0.1, -0.05) is 18.2 Å². The van der Waals surface area contributed by atoms with Crippen LogP contribution in [0.5, 0.6) is 0 Å². The van der Waals surface area contributed by atoms with E-state index in [4.69, 9.17) is 0 Å². The molecular formula is C21H21F3N4O. The molecular weight excluding hydrogens is 381 g/mol. The van der Waals surface area contributed by atoms with Gasteiger partial charge in [0.1, 0.15) is 5.82 Å². The van der Waals surface area contributed by atoms with E-state index in [0.29, 0.717) is 24.2 Å². The molecule has 2 aromatic carbocycles. The molecule has 1 aromatic heterocycles. The van der Waals surface area contributed by atoms with Crippen LogP contribution in [0.4, 0.5) is 24.5 Å². The summed E-state index contributed by atoms with van der Waals surface area (Å²) in [5.41, 5.74) is 1.79. The number of hydrogen-bond donors (Lipinski definition) is 2. The minimum Gasteiger partial charge on any atom is -0.391 e. The summed E-state index contributed by atoms with van der Waals surface area (Å²) in [5, 5.41) is 21.9. The summed E-state index contributed by atoms with van der Waals surface area (Å²) >= 11 is 0. The first-order chi connectivity index (χ1) is 13.9. The fraction of sp³-hybridized carbons (Fsp3) is 0.333. The summed E-state index contributed by atoms with van der Waals surface area (Å²) in [5.74, 6) is -0.902. The normalized spacial score (nSPS) is 17.9. The molecule has 1 aliphatic rings. The Balaban J connectivity index is 1.66. The van der Waals surface area contributed by atoms with Crippen LogP contribution in [0, 0.1) is 5.82 Å². The molecule has 0 spiro atoms. The van der Waals surface area contributed by atoms with Crippen molar-refractivity contribution in [2.75, 3.05) is 23.3 Å². The topological polar surface area (TPSA) is 61.3 Å². The van der Waals surface area contributed by atoms with Crippen LogP contribution < -0.4 is 10.2 Å². The number of β-amino-alcohol motifs (C(OH)–C–C–N with tert-alkyl or cyclic N) is 1. The van der Waals surface area contributed by atoms with E-state index >= 15 is 0 Å². The van der Waals surface area contributed by atoms with Gasteiger partial charge in [-0.05, 0) is 31.5 Å². The Morgan fingerprint density at radius 2 is 2.00 bits per heavy atom. The fourth-order valence-corrected chi connectivity index (χ4v) is 3.72. The van der Waals surface area contributed by atoms with Crippen LogP contribution >= 0.6 is 0 Å². The minimum absolute atomic E-state index is 0.159. The summed E-state index contributed by atoms with van der Waals surface area (Å²) < 4.78 is 40.6. The fourth-order valence-electron chi connectivity index (χ4n) is 3.72. The molecule has 2 atom stereocenters. The van der Waals surface area contributed by atoms with E-state index in [1.807, 2.05) is 18.2 Å². The van der Waals surface area contributed by atoms with Gasteiger partial charge < -0.3 is 15.3 Å². The molecule has 1 saturated heterocycles. The van der Waals surface area contributed by atoms with Crippen molar-refractivity contribution < 1.29 is 18.3 Å². The molecule has 4 rings (SSSR count). The van der Waals surface area contributed by atoms with Crippen LogP contribution in [0.1, 0.15) is 36.9 Å². The van der Waals surface area contributed by atoms with Crippen molar-refractivity contribution in [1.82, 2.24) is 10.2 Å². The molecule has 2 N–H and O–H groups in total. The lowest BCUT2D eigenvalue weighted by Crippen LogP contribution is -2.21. The van der Waals surface area contributed by atoms with Crippen molar-refractivity contribution in [3.8, 4) is 0 Å². The highest BCUT2D eigenvalue weighted by atomic mass is 19.3. The zero-order valence-electron chi connectivity index (χ0n) is 15.8. The van der Waals surface area contributed by atoms with Crippen LogP contribution in [0.15, 0.2) is 42.6 Å². The van der Waals surface area contributed by atoms with Gasteiger partial charge in [0.05, 0.1) is 35.1 Å². The van der Waals surface area contributed by atoms with Gasteiger partial charge in [-0.15, -0.1) is 0 Å². The predicted octanol–water partition coefficient (Wildman–Crippen LogP) is 4.45. The van der Waals surface area contributed by atoms with E-state index in [1.165, 1.54) is 18.3 Å². The Bertz CT molecular complexity index is 1030. The van der Waals surface area contributed by atoms with Crippen LogP contribution in [0.3, 0.4) is 0 Å². The number of aromatic nitrogens is 2. The van der Waals surface area contributed by atoms with Crippen molar-refractivity contribution >= 4 is 22.3 Å². The van der Waals surface area contributed by atoms with Crippen LogP contribution in [0.2, 0.25) is 0 Å². The number of benzene rings is 2. The second-order valence-electron chi connectivity index (χ2n) is 7.27. The number of aliphatic hydroxyl groups is 1. The van der Waals surface area contributed by atoms with E-state index in [9.17, 15) is 18.3 Å². The molecule has 1 aliphatic heterocycles.